The molecule has 3 nitrogen and oxygen atoms in total. The fraction of sp³-hybridized carbons (Fsp3) is 0.562. The number of hydrogen-bond acceptors (Lipinski definition) is 3. The highest BCUT2D eigenvalue weighted by molar-refractivity contribution is 5.37. The number of benzene rings is 1. The van der Waals surface area contributed by atoms with Gasteiger partial charge in [0.25, 0.3) is 0 Å². The van der Waals surface area contributed by atoms with Crippen LogP contribution in [-0.2, 0) is 6.54 Å². The Hall–Kier alpha value is -1.37. The molecule has 2 rings (SSSR count). The van der Waals surface area contributed by atoms with Gasteiger partial charge < -0.3 is 10.4 Å². The summed E-state index contributed by atoms with van der Waals surface area (Å²) in [6.07, 6.45) is 5.29. The quantitative estimate of drug-likeness (QED) is 0.819. The van der Waals surface area contributed by atoms with Gasteiger partial charge in [0, 0.05) is 12.6 Å². The van der Waals surface area contributed by atoms with Gasteiger partial charge >= 0.3 is 0 Å². The molecule has 0 amide bonds. The molecule has 19 heavy (non-hydrogen) atoms. The van der Waals surface area contributed by atoms with Crippen molar-refractivity contribution in [2.45, 2.75) is 57.7 Å². The molecule has 1 fully saturated rings. The number of aliphatic hydroxyl groups excluding tert-OH is 1. The standard InChI is InChI=1S/C16H22N2O/c1-12-9-13(10-17)7-8-14(12)11-18-15-5-3-2-4-6-16(15)19/h7-9,15-16,18-19H,2-6,11H2,1H3. The van der Waals surface area contributed by atoms with E-state index in [-0.39, 0.29) is 12.1 Å². The van der Waals surface area contributed by atoms with Gasteiger partial charge in [-0.15, -0.1) is 0 Å². The summed E-state index contributed by atoms with van der Waals surface area (Å²) in [5.74, 6) is 0. The van der Waals surface area contributed by atoms with Gasteiger partial charge in [-0.3, -0.25) is 0 Å². The maximum Gasteiger partial charge on any atom is 0.0991 e. The Labute approximate surface area is 115 Å². The van der Waals surface area contributed by atoms with Gasteiger partial charge in [-0.25, -0.2) is 0 Å². The van der Waals surface area contributed by atoms with Crippen molar-refractivity contribution in [2.75, 3.05) is 0 Å². The molecule has 1 aromatic carbocycles. The van der Waals surface area contributed by atoms with E-state index in [1.165, 1.54) is 18.4 Å². The van der Waals surface area contributed by atoms with E-state index in [1.807, 2.05) is 25.1 Å². The number of nitriles is 1. The lowest BCUT2D eigenvalue weighted by Crippen LogP contribution is -2.38. The Kier molecular flexibility index (Phi) is 4.95. The average molecular weight is 258 g/mol. The van der Waals surface area contributed by atoms with E-state index in [0.29, 0.717) is 5.56 Å². The smallest absolute Gasteiger partial charge is 0.0991 e. The van der Waals surface area contributed by atoms with Crippen LogP contribution < -0.4 is 5.32 Å². The lowest BCUT2D eigenvalue weighted by Gasteiger charge is -2.22. The van der Waals surface area contributed by atoms with E-state index in [0.717, 1.165) is 31.4 Å². The van der Waals surface area contributed by atoms with Gasteiger partial charge in [-0.2, -0.15) is 5.26 Å². The first kappa shape index (κ1) is 14.0. The predicted octanol–water partition coefficient (Wildman–Crippen LogP) is 2.65. The highest BCUT2D eigenvalue weighted by Gasteiger charge is 2.20. The van der Waals surface area contributed by atoms with Crippen LogP contribution in [0.4, 0.5) is 0 Å². The zero-order valence-electron chi connectivity index (χ0n) is 11.5. The summed E-state index contributed by atoms with van der Waals surface area (Å²) < 4.78 is 0. The predicted molar refractivity (Wildman–Crippen MR) is 75.6 cm³/mol. The zero-order valence-corrected chi connectivity index (χ0v) is 11.5. The first-order chi connectivity index (χ1) is 9.20. The summed E-state index contributed by atoms with van der Waals surface area (Å²) in [4.78, 5) is 0. The van der Waals surface area contributed by atoms with Crippen LogP contribution >= 0.6 is 0 Å². The molecular formula is C16H22N2O. The molecule has 1 aliphatic rings. The molecule has 2 unspecified atom stereocenters. The molecule has 2 atom stereocenters. The number of aliphatic hydroxyl groups is 1. The van der Waals surface area contributed by atoms with Gasteiger partial charge in [0.2, 0.25) is 0 Å². The molecule has 0 heterocycles. The zero-order chi connectivity index (χ0) is 13.7. The first-order valence-electron chi connectivity index (χ1n) is 7.12. The maximum absolute atomic E-state index is 10.1. The largest absolute Gasteiger partial charge is 0.392 e. The minimum Gasteiger partial charge on any atom is -0.392 e. The van der Waals surface area contributed by atoms with Crippen LogP contribution in [0.1, 0.15) is 48.8 Å². The van der Waals surface area contributed by atoms with Crippen LogP contribution in [0.2, 0.25) is 0 Å². The van der Waals surface area contributed by atoms with Gasteiger partial charge in [-0.1, -0.05) is 25.3 Å². The molecule has 0 aliphatic heterocycles. The van der Waals surface area contributed by atoms with Gasteiger partial charge in [0.05, 0.1) is 17.7 Å². The highest BCUT2D eigenvalue weighted by atomic mass is 16.3. The van der Waals surface area contributed by atoms with E-state index in [4.69, 9.17) is 5.26 Å². The van der Waals surface area contributed by atoms with E-state index in [2.05, 4.69) is 11.4 Å². The van der Waals surface area contributed by atoms with E-state index in [9.17, 15) is 5.11 Å². The molecule has 0 saturated heterocycles. The molecule has 0 aromatic heterocycles. The third kappa shape index (κ3) is 3.79. The second kappa shape index (κ2) is 6.70. The van der Waals surface area contributed by atoms with Crippen molar-refractivity contribution >= 4 is 0 Å². The molecule has 102 valence electrons. The van der Waals surface area contributed by atoms with Crippen LogP contribution in [0.3, 0.4) is 0 Å². The maximum atomic E-state index is 10.1. The summed E-state index contributed by atoms with van der Waals surface area (Å²) in [5, 5.41) is 22.4. The van der Waals surface area contributed by atoms with Crippen molar-refractivity contribution in [2.24, 2.45) is 0 Å². The third-order valence-electron chi connectivity index (χ3n) is 4.01. The highest BCUT2D eigenvalue weighted by Crippen LogP contribution is 2.19. The number of rotatable bonds is 3. The van der Waals surface area contributed by atoms with Crippen LogP contribution in [-0.4, -0.2) is 17.3 Å². The van der Waals surface area contributed by atoms with Crippen molar-refractivity contribution < 1.29 is 5.11 Å². The summed E-state index contributed by atoms with van der Waals surface area (Å²) in [7, 11) is 0. The first-order valence-corrected chi connectivity index (χ1v) is 7.12. The molecule has 0 bridgehead atoms. The molecule has 1 aliphatic carbocycles. The summed E-state index contributed by atoms with van der Waals surface area (Å²) in [6, 6.07) is 8.14. The molecular weight excluding hydrogens is 236 g/mol. The Morgan fingerprint density at radius 1 is 1.32 bits per heavy atom. The topological polar surface area (TPSA) is 56.0 Å². The Morgan fingerprint density at radius 3 is 2.84 bits per heavy atom. The van der Waals surface area contributed by atoms with Gasteiger partial charge in [0.15, 0.2) is 0 Å². The van der Waals surface area contributed by atoms with Crippen LogP contribution in [0.5, 0.6) is 0 Å². The molecule has 1 saturated carbocycles. The second-order valence-electron chi connectivity index (χ2n) is 5.45. The fourth-order valence-corrected chi connectivity index (χ4v) is 2.73. The van der Waals surface area contributed by atoms with Crippen molar-refractivity contribution in [1.82, 2.24) is 5.32 Å². The summed E-state index contributed by atoms with van der Waals surface area (Å²) >= 11 is 0. The van der Waals surface area contributed by atoms with Crippen molar-refractivity contribution in [3.8, 4) is 6.07 Å². The fourth-order valence-electron chi connectivity index (χ4n) is 2.73. The van der Waals surface area contributed by atoms with Crippen LogP contribution in [0, 0.1) is 18.3 Å². The van der Waals surface area contributed by atoms with Crippen molar-refractivity contribution in [3.63, 3.8) is 0 Å². The molecule has 3 heteroatoms. The minimum atomic E-state index is -0.221. The van der Waals surface area contributed by atoms with Gasteiger partial charge in [-0.05, 0) is 43.0 Å². The van der Waals surface area contributed by atoms with Crippen molar-refractivity contribution in [1.29, 1.82) is 5.26 Å². The third-order valence-corrected chi connectivity index (χ3v) is 4.01. The summed E-state index contributed by atoms with van der Waals surface area (Å²) in [5.41, 5.74) is 3.04. The number of nitrogens with zero attached hydrogens (tertiary/aromatic N) is 1. The number of hydrogen-bond donors (Lipinski definition) is 2. The lowest BCUT2D eigenvalue weighted by molar-refractivity contribution is 0.119. The van der Waals surface area contributed by atoms with Crippen LogP contribution in [0.25, 0.3) is 0 Å². The molecule has 2 N–H and O–H groups in total. The minimum absolute atomic E-state index is 0.206. The Bertz CT molecular complexity index is 464. The Morgan fingerprint density at radius 2 is 2.11 bits per heavy atom. The van der Waals surface area contributed by atoms with Gasteiger partial charge in [0.1, 0.15) is 0 Å². The van der Waals surface area contributed by atoms with Crippen molar-refractivity contribution in [3.05, 3.63) is 34.9 Å². The summed E-state index contributed by atoms with van der Waals surface area (Å²) in [6.45, 7) is 2.79. The molecule has 0 spiro atoms. The number of aryl methyl sites for hydroxylation is 1. The average Bonchev–Trinajstić information content (AvgIpc) is 2.62. The monoisotopic (exact) mass is 258 g/mol. The normalized spacial score (nSPS) is 23.6. The van der Waals surface area contributed by atoms with E-state index < -0.39 is 0 Å². The van der Waals surface area contributed by atoms with Crippen LogP contribution in [0.15, 0.2) is 18.2 Å². The SMILES string of the molecule is Cc1cc(C#N)ccc1CNC1CCCCCC1O. The van der Waals surface area contributed by atoms with E-state index >= 15 is 0 Å². The molecule has 0 radical (unpaired) electrons. The second-order valence-corrected chi connectivity index (χ2v) is 5.45. The molecule has 1 aromatic rings. The Balaban J connectivity index is 1.96. The van der Waals surface area contributed by atoms with E-state index in [1.54, 1.807) is 0 Å². The number of nitrogens with one attached hydrogen (secondary N) is 1. The lowest BCUT2D eigenvalue weighted by atomic mass is 10.0.